The lowest BCUT2D eigenvalue weighted by Gasteiger charge is -2.25. The van der Waals surface area contributed by atoms with Gasteiger partial charge in [0.05, 0.1) is 5.92 Å². The molecule has 19 heavy (non-hydrogen) atoms. The van der Waals surface area contributed by atoms with Gasteiger partial charge < -0.3 is 4.74 Å². The van der Waals surface area contributed by atoms with E-state index in [9.17, 15) is 9.59 Å². The molecule has 0 amide bonds. The Morgan fingerprint density at radius 1 is 1.32 bits per heavy atom. The summed E-state index contributed by atoms with van der Waals surface area (Å²) in [5.74, 6) is -1.14. The van der Waals surface area contributed by atoms with E-state index in [4.69, 9.17) is 4.74 Å². The zero-order valence-electron chi connectivity index (χ0n) is 11.7. The van der Waals surface area contributed by atoms with E-state index >= 15 is 0 Å². The van der Waals surface area contributed by atoms with E-state index in [1.165, 1.54) is 7.11 Å². The molecule has 0 aliphatic heterocycles. The van der Waals surface area contributed by atoms with Crippen molar-refractivity contribution in [1.82, 2.24) is 0 Å². The highest BCUT2D eigenvalue weighted by Crippen LogP contribution is 2.22. The van der Waals surface area contributed by atoms with Crippen molar-refractivity contribution in [3.05, 3.63) is 48.6 Å². The Morgan fingerprint density at radius 2 is 1.89 bits per heavy atom. The van der Waals surface area contributed by atoms with Gasteiger partial charge >= 0.3 is 0 Å². The molecule has 0 aliphatic carbocycles. The lowest BCUT2D eigenvalue weighted by Crippen LogP contribution is -2.41. The topological polar surface area (TPSA) is 43.4 Å². The molecule has 0 aromatic heterocycles. The average molecular weight is 260 g/mol. The molecule has 1 aromatic carbocycles. The second-order valence-corrected chi connectivity index (χ2v) is 4.89. The molecule has 3 heteroatoms. The largest absolute Gasteiger partial charge is 0.371 e. The fourth-order valence-corrected chi connectivity index (χ4v) is 1.82. The van der Waals surface area contributed by atoms with Crippen LogP contribution >= 0.6 is 0 Å². The first-order valence-electron chi connectivity index (χ1n) is 6.23. The normalized spacial score (nSPS) is 12.8. The first-order valence-corrected chi connectivity index (χ1v) is 6.23. The third-order valence-electron chi connectivity index (χ3n) is 3.20. The van der Waals surface area contributed by atoms with Gasteiger partial charge in [-0.25, -0.2) is 0 Å². The molecule has 0 spiro atoms. The van der Waals surface area contributed by atoms with Crippen molar-refractivity contribution in [1.29, 1.82) is 0 Å². The van der Waals surface area contributed by atoms with Crippen molar-refractivity contribution in [3.63, 3.8) is 0 Å². The summed E-state index contributed by atoms with van der Waals surface area (Å²) in [6.45, 7) is 6.96. The standard InChI is InChI=1S/C16H20O3/c1-5-9-13(15(18)16(2,3)19-4)14(17)12-10-7-6-8-11-12/h5-8,10-11,13H,1,9H2,2-4H3/t13-/m0/s1. The van der Waals surface area contributed by atoms with Gasteiger partial charge in [-0.05, 0) is 20.3 Å². The van der Waals surface area contributed by atoms with Crippen molar-refractivity contribution in [3.8, 4) is 0 Å². The van der Waals surface area contributed by atoms with E-state index in [0.29, 0.717) is 12.0 Å². The van der Waals surface area contributed by atoms with Crippen LogP contribution in [0.5, 0.6) is 0 Å². The number of carbonyl (C=O) groups is 2. The number of Topliss-reactive ketones (excluding diaryl/α,β-unsaturated/α-hetero) is 2. The lowest BCUT2D eigenvalue weighted by atomic mass is 9.84. The average Bonchev–Trinajstić information content (AvgIpc) is 2.44. The highest BCUT2D eigenvalue weighted by Gasteiger charge is 2.37. The smallest absolute Gasteiger partial charge is 0.175 e. The van der Waals surface area contributed by atoms with Gasteiger partial charge in [0.25, 0.3) is 0 Å². The van der Waals surface area contributed by atoms with E-state index < -0.39 is 11.5 Å². The van der Waals surface area contributed by atoms with Crippen LogP contribution in [0.3, 0.4) is 0 Å². The Kier molecular flexibility index (Phi) is 5.19. The van der Waals surface area contributed by atoms with Gasteiger partial charge in [-0.1, -0.05) is 36.4 Å². The Balaban J connectivity index is 3.05. The Labute approximate surface area is 114 Å². The number of benzene rings is 1. The van der Waals surface area contributed by atoms with Gasteiger partial charge in [-0.2, -0.15) is 0 Å². The van der Waals surface area contributed by atoms with Crippen LogP contribution in [0.4, 0.5) is 0 Å². The van der Waals surface area contributed by atoms with Gasteiger partial charge in [0.15, 0.2) is 11.6 Å². The molecule has 0 aliphatic rings. The third kappa shape index (κ3) is 3.61. The first kappa shape index (κ1) is 15.3. The monoisotopic (exact) mass is 260 g/mol. The third-order valence-corrected chi connectivity index (χ3v) is 3.20. The molecule has 0 fully saturated rings. The predicted octanol–water partition coefficient (Wildman–Crippen LogP) is 3.06. The summed E-state index contributed by atoms with van der Waals surface area (Å²) in [6, 6.07) is 8.82. The molecule has 1 atom stereocenters. The minimum absolute atomic E-state index is 0.185. The summed E-state index contributed by atoms with van der Waals surface area (Å²) in [6.07, 6.45) is 1.91. The first-order chi connectivity index (χ1) is 8.94. The van der Waals surface area contributed by atoms with E-state index in [2.05, 4.69) is 6.58 Å². The number of carbonyl (C=O) groups excluding carboxylic acids is 2. The number of allylic oxidation sites excluding steroid dienone is 1. The van der Waals surface area contributed by atoms with Crippen molar-refractivity contribution >= 4 is 11.6 Å². The molecule has 1 rings (SSSR count). The van der Waals surface area contributed by atoms with Gasteiger partial charge in [0, 0.05) is 12.7 Å². The fraction of sp³-hybridized carbons (Fsp3) is 0.375. The minimum Gasteiger partial charge on any atom is -0.371 e. The molecule has 0 N–H and O–H groups in total. The molecule has 0 saturated carbocycles. The molecule has 0 heterocycles. The Hall–Kier alpha value is -1.74. The van der Waals surface area contributed by atoms with Gasteiger partial charge in [-0.3, -0.25) is 9.59 Å². The second-order valence-electron chi connectivity index (χ2n) is 4.89. The zero-order valence-corrected chi connectivity index (χ0v) is 11.7. The van der Waals surface area contributed by atoms with E-state index in [1.54, 1.807) is 44.2 Å². The van der Waals surface area contributed by atoms with E-state index in [-0.39, 0.29) is 11.6 Å². The van der Waals surface area contributed by atoms with Crippen molar-refractivity contribution in [2.75, 3.05) is 7.11 Å². The maximum Gasteiger partial charge on any atom is 0.175 e. The summed E-state index contributed by atoms with van der Waals surface area (Å²) in [5, 5.41) is 0. The molecule has 0 unspecified atom stereocenters. The lowest BCUT2D eigenvalue weighted by molar-refractivity contribution is -0.139. The molecule has 0 radical (unpaired) electrons. The van der Waals surface area contributed by atoms with Crippen LogP contribution in [0.1, 0.15) is 30.6 Å². The van der Waals surface area contributed by atoms with Crippen LogP contribution < -0.4 is 0 Å². The van der Waals surface area contributed by atoms with Gasteiger partial charge in [0.1, 0.15) is 5.60 Å². The quantitative estimate of drug-likeness (QED) is 0.430. The predicted molar refractivity (Wildman–Crippen MR) is 75.2 cm³/mol. The molecule has 1 aromatic rings. The van der Waals surface area contributed by atoms with Gasteiger partial charge in [0.2, 0.25) is 0 Å². The maximum atomic E-state index is 12.4. The Morgan fingerprint density at radius 3 is 2.37 bits per heavy atom. The van der Waals surface area contributed by atoms with Crippen LogP contribution in [-0.4, -0.2) is 24.3 Å². The summed E-state index contributed by atoms with van der Waals surface area (Å²) < 4.78 is 5.18. The minimum atomic E-state index is -0.974. The molecule has 3 nitrogen and oxygen atoms in total. The molecular weight excluding hydrogens is 240 g/mol. The number of ether oxygens (including phenoxy) is 1. The van der Waals surface area contributed by atoms with Crippen molar-refractivity contribution in [2.45, 2.75) is 25.9 Å². The van der Waals surface area contributed by atoms with Crippen LogP contribution in [-0.2, 0) is 9.53 Å². The second kappa shape index (κ2) is 6.43. The van der Waals surface area contributed by atoms with Crippen LogP contribution in [0, 0.1) is 5.92 Å². The van der Waals surface area contributed by atoms with Gasteiger partial charge in [-0.15, -0.1) is 6.58 Å². The van der Waals surface area contributed by atoms with Crippen molar-refractivity contribution in [2.24, 2.45) is 5.92 Å². The Bertz CT molecular complexity index is 460. The summed E-state index contributed by atoms with van der Waals surface area (Å²) in [5.41, 5.74) is -0.437. The SMILES string of the molecule is C=CC[C@@H](C(=O)c1ccccc1)C(=O)C(C)(C)OC. The molecule has 102 valence electrons. The van der Waals surface area contributed by atoms with E-state index in [0.717, 1.165) is 0 Å². The molecule has 0 bridgehead atoms. The maximum absolute atomic E-state index is 12.4. The number of ketones is 2. The number of rotatable bonds is 7. The summed E-state index contributed by atoms with van der Waals surface area (Å²) >= 11 is 0. The highest BCUT2D eigenvalue weighted by molar-refractivity contribution is 6.12. The van der Waals surface area contributed by atoms with E-state index in [1.807, 2.05) is 6.07 Å². The number of methoxy groups -OCH3 is 1. The molecular formula is C16H20O3. The zero-order chi connectivity index (χ0) is 14.5. The molecule has 0 saturated heterocycles. The highest BCUT2D eigenvalue weighted by atomic mass is 16.5. The van der Waals surface area contributed by atoms with Crippen molar-refractivity contribution < 1.29 is 14.3 Å². The number of hydrogen-bond donors (Lipinski definition) is 0. The fourth-order valence-electron chi connectivity index (χ4n) is 1.82. The van der Waals surface area contributed by atoms with Crippen LogP contribution in [0.15, 0.2) is 43.0 Å². The van der Waals surface area contributed by atoms with Crippen LogP contribution in [0.2, 0.25) is 0 Å². The number of hydrogen-bond acceptors (Lipinski definition) is 3. The summed E-state index contributed by atoms with van der Waals surface area (Å²) in [4.78, 5) is 24.8. The van der Waals surface area contributed by atoms with Crippen LogP contribution in [0.25, 0.3) is 0 Å². The summed E-state index contributed by atoms with van der Waals surface area (Å²) in [7, 11) is 1.47.